The fourth-order valence-electron chi connectivity index (χ4n) is 4.53. The van der Waals surface area contributed by atoms with Crippen LogP contribution < -0.4 is 9.80 Å². The first kappa shape index (κ1) is 20.2. The van der Waals surface area contributed by atoms with Crippen LogP contribution in [0.2, 0.25) is 0 Å². The van der Waals surface area contributed by atoms with Gasteiger partial charge in [0.25, 0.3) is 0 Å². The van der Waals surface area contributed by atoms with Crippen molar-refractivity contribution < 1.29 is 9.59 Å². The molecule has 0 radical (unpaired) electrons. The molecule has 0 unspecified atom stereocenters. The van der Waals surface area contributed by atoms with E-state index in [4.69, 9.17) is 9.97 Å². The van der Waals surface area contributed by atoms with Crippen LogP contribution in [-0.4, -0.2) is 46.8 Å². The molecule has 1 aromatic heterocycles. The topological polar surface area (TPSA) is 69.6 Å². The molecule has 2 aliphatic rings. The van der Waals surface area contributed by atoms with Crippen molar-refractivity contribution in [2.45, 2.75) is 25.8 Å². The van der Waals surface area contributed by atoms with Crippen LogP contribution in [0.5, 0.6) is 0 Å². The van der Waals surface area contributed by atoms with Crippen molar-refractivity contribution >= 4 is 40.6 Å². The molecule has 0 fully saturated rings. The largest absolute Gasteiger partial charge is 0.357 e. The van der Waals surface area contributed by atoms with Gasteiger partial charge in [-0.25, -0.2) is 9.97 Å². The lowest BCUT2D eigenvalue weighted by Crippen LogP contribution is -2.38. The summed E-state index contributed by atoms with van der Waals surface area (Å²) < 4.78 is 0. The Balaban J connectivity index is 1.53. The number of fused-ring (bicyclic) bond motifs is 3. The minimum atomic E-state index is -0.348. The highest BCUT2D eigenvalue weighted by Gasteiger charge is 2.33. The lowest BCUT2D eigenvalue weighted by Gasteiger charge is -2.33. The summed E-state index contributed by atoms with van der Waals surface area (Å²) in [4.78, 5) is 41.1. The predicted molar refractivity (Wildman–Crippen MR) is 125 cm³/mol. The number of carbonyl (C=O) groups is 2. The van der Waals surface area contributed by atoms with Gasteiger partial charge in [-0.3, -0.25) is 14.5 Å². The van der Waals surface area contributed by atoms with E-state index in [2.05, 4.69) is 4.90 Å². The molecule has 7 nitrogen and oxygen atoms in total. The number of anilines is 2. The van der Waals surface area contributed by atoms with Gasteiger partial charge >= 0.3 is 0 Å². The highest BCUT2D eigenvalue weighted by atomic mass is 16.2. The predicted octanol–water partition coefficient (Wildman–Crippen LogP) is 3.77. The maximum atomic E-state index is 13.7. The van der Waals surface area contributed by atoms with Crippen LogP contribution >= 0.6 is 0 Å². The second-order valence-electron chi connectivity index (χ2n) is 8.27. The van der Waals surface area contributed by atoms with E-state index in [-0.39, 0.29) is 24.3 Å². The van der Waals surface area contributed by atoms with Gasteiger partial charge in [0.05, 0.1) is 23.5 Å². The second-order valence-corrected chi connectivity index (χ2v) is 8.27. The molecule has 0 bridgehead atoms. The van der Waals surface area contributed by atoms with Gasteiger partial charge in [-0.1, -0.05) is 36.4 Å². The molecule has 3 heterocycles. The number of benzene rings is 2. The number of carbonyl (C=O) groups excluding carboxylic acids is 2. The smallest absolute Gasteiger partial charge is 0.230 e. The number of aromatic nitrogens is 2. The van der Waals surface area contributed by atoms with Gasteiger partial charge in [0, 0.05) is 33.3 Å². The molecule has 0 saturated carbocycles. The molecule has 3 aromatic rings. The third kappa shape index (κ3) is 3.49. The van der Waals surface area contributed by atoms with E-state index in [9.17, 15) is 9.59 Å². The maximum absolute atomic E-state index is 13.7. The number of nitrogens with zero attached hydrogens (tertiary/aromatic N) is 5. The van der Waals surface area contributed by atoms with Gasteiger partial charge in [-0.15, -0.1) is 0 Å². The fraction of sp³-hybridized carbons (Fsp3) is 0.280. The highest BCUT2D eigenvalue weighted by molar-refractivity contribution is 5.97. The quantitative estimate of drug-likeness (QED) is 0.623. The molecule has 2 aliphatic heterocycles. The summed E-state index contributed by atoms with van der Waals surface area (Å²) in [5, 5.41) is 0. The average Bonchev–Trinajstić information content (AvgIpc) is 2.96. The highest BCUT2D eigenvalue weighted by Crippen LogP contribution is 2.36. The third-order valence-electron chi connectivity index (χ3n) is 6.17. The molecule has 5 rings (SSSR count). The lowest BCUT2D eigenvalue weighted by molar-refractivity contribution is -0.129. The van der Waals surface area contributed by atoms with Crippen molar-refractivity contribution in [1.29, 1.82) is 0 Å². The van der Waals surface area contributed by atoms with E-state index in [1.165, 1.54) is 6.92 Å². The Morgan fingerprint density at radius 2 is 1.66 bits per heavy atom. The van der Waals surface area contributed by atoms with Crippen LogP contribution in [0, 0.1) is 0 Å². The fourth-order valence-corrected chi connectivity index (χ4v) is 4.53. The first-order valence-corrected chi connectivity index (χ1v) is 10.9. The molecule has 0 aliphatic carbocycles. The molecule has 7 heteroatoms. The zero-order valence-corrected chi connectivity index (χ0v) is 18.2. The van der Waals surface area contributed by atoms with E-state index in [1.54, 1.807) is 16.0 Å². The van der Waals surface area contributed by atoms with Crippen LogP contribution in [-0.2, 0) is 9.59 Å². The molecule has 2 amide bonds. The van der Waals surface area contributed by atoms with Gasteiger partial charge in [-0.05, 0) is 35.8 Å². The van der Waals surface area contributed by atoms with E-state index >= 15 is 0 Å². The van der Waals surface area contributed by atoms with E-state index in [0.29, 0.717) is 18.2 Å². The monoisotopic (exact) mass is 427 g/mol. The Kier molecular flexibility index (Phi) is 5.09. The van der Waals surface area contributed by atoms with Crippen molar-refractivity contribution in [2.75, 3.05) is 29.9 Å². The first-order valence-electron chi connectivity index (χ1n) is 10.9. The average molecular weight is 428 g/mol. The van der Waals surface area contributed by atoms with Gasteiger partial charge in [0.15, 0.2) is 11.6 Å². The number of hydrogen-bond acceptors (Lipinski definition) is 5. The summed E-state index contributed by atoms with van der Waals surface area (Å²) in [6, 6.07) is 15.3. The van der Waals surface area contributed by atoms with Crippen molar-refractivity contribution in [1.82, 2.24) is 14.9 Å². The second kappa shape index (κ2) is 8.07. The van der Waals surface area contributed by atoms with Crippen LogP contribution in [0.25, 0.3) is 17.1 Å². The van der Waals surface area contributed by atoms with E-state index < -0.39 is 0 Å². The summed E-state index contributed by atoms with van der Waals surface area (Å²) in [6.45, 7) is 2.88. The van der Waals surface area contributed by atoms with E-state index in [0.717, 1.165) is 35.1 Å². The molecular formula is C25H25N5O2. The van der Waals surface area contributed by atoms with Gasteiger partial charge < -0.3 is 9.80 Å². The van der Waals surface area contributed by atoms with Crippen LogP contribution in [0.15, 0.2) is 54.7 Å². The summed E-state index contributed by atoms with van der Waals surface area (Å²) in [7, 11) is 1.98. The van der Waals surface area contributed by atoms with Crippen molar-refractivity contribution in [3.63, 3.8) is 0 Å². The maximum Gasteiger partial charge on any atom is 0.230 e. The molecule has 0 N–H and O–H groups in total. The molecule has 1 atom stereocenters. The minimum Gasteiger partial charge on any atom is -0.357 e. The van der Waals surface area contributed by atoms with Crippen LogP contribution in [0.3, 0.4) is 0 Å². The Morgan fingerprint density at radius 1 is 0.969 bits per heavy atom. The Bertz CT molecular complexity index is 1240. The molecule has 2 aromatic carbocycles. The Hall–Kier alpha value is -3.74. The first-order chi connectivity index (χ1) is 15.5. The lowest BCUT2D eigenvalue weighted by atomic mass is 9.93. The zero-order valence-electron chi connectivity index (χ0n) is 18.2. The van der Waals surface area contributed by atoms with Gasteiger partial charge in [0.1, 0.15) is 0 Å². The third-order valence-corrected chi connectivity index (χ3v) is 6.17. The number of para-hydroxylation sites is 2. The van der Waals surface area contributed by atoms with Gasteiger partial charge in [-0.2, -0.15) is 0 Å². The normalized spacial score (nSPS) is 17.7. The standard InChI is InChI=1S/C25H25N5O2/c1-17(31)29-15-12-18-8-3-4-9-19(18)22(29)16-23(32)30-14-7-13-28(2)24-25(30)27-21-11-6-5-10-20(21)26-24/h3-6,8-12,15,22H,7,13-14,16H2,1-2H3/t22-/m1/s1. The summed E-state index contributed by atoms with van der Waals surface area (Å²) in [6.07, 6.45) is 4.69. The van der Waals surface area contributed by atoms with Crippen LogP contribution in [0.4, 0.5) is 11.6 Å². The molecular weight excluding hydrogens is 402 g/mol. The summed E-state index contributed by atoms with van der Waals surface area (Å²) in [5.41, 5.74) is 3.58. The number of rotatable bonds is 2. The molecule has 32 heavy (non-hydrogen) atoms. The minimum absolute atomic E-state index is 0.0625. The molecule has 0 spiro atoms. The SMILES string of the molecule is CC(=O)N1C=Cc2ccccc2[C@H]1CC(=O)N1CCCN(C)c2nc3ccccc3nc21. The number of hydrogen-bond donors (Lipinski definition) is 0. The summed E-state index contributed by atoms with van der Waals surface area (Å²) >= 11 is 0. The van der Waals surface area contributed by atoms with Crippen molar-refractivity contribution in [3.05, 3.63) is 65.9 Å². The Morgan fingerprint density at radius 3 is 2.41 bits per heavy atom. The van der Waals surface area contributed by atoms with Crippen molar-refractivity contribution in [3.8, 4) is 0 Å². The van der Waals surface area contributed by atoms with Gasteiger partial charge in [0.2, 0.25) is 11.8 Å². The zero-order chi connectivity index (χ0) is 22.2. The number of amides is 2. The molecule has 0 saturated heterocycles. The summed E-state index contributed by atoms with van der Waals surface area (Å²) in [5.74, 6) is 1.15. The van der Waals surface area contributed by atoms with Crippen molar-refractivity contribution in [2.24, 2.45) is 0 Å². The van der Waals surface area contributed by atoms with E-state index in [1.807, 2.05) is 61.7 Å². The molecule has 162 valence electrons. The Labute approximate surface area is 187 Å². The van der Waals surface area contributed by atoms with Crippen LogP contribution in [0.1, 0.15) is 36.9 Å².